The van der Waals surface area contributed by atoms with Crippen LogP contribution in [-0.2, 0) is 17.8 Å². The summed E-state index contributed by atoms with van der Waals surface area (Å²) in [6.07, 6.45) is 4.23. The summed E-state index contributed by atoms with van der Waals surface area (Å²) in [6.45, 7) is 3.16. The standard InChI is InChI=1S/C27H28N4O6/c1-3-31-14-20(26(33)19-11-23-24(12-22(19)31)37-15-36-23)27(34)29-9-7-25(32)28-8-6-16-13-30-21-10-17(35-2)4-5-18(16)21/h4-5,10-14,30H,3,6-9,15H2,1-2H3,(H,28,32)(H,29,34). The Labute approximate surface area is 212 Å². The summed E-state index contributed by atoms with van der Waals surface area (Å²) in [6, 6.07) is 9.19. The number of hydrogen-bond donors (Lipinski definition) is 3. The second kappa shape index (κ2) is 10.3. The lowest BCUT2D eigenvalue weighted by Gasteiger charge is -2.12. The smallest absolute Gasteiger partial charge is 0.256 e. The average molecular weight is 505 g/mol. The molecule has 192 valence electrons. The Kier molecular flexibility index (Phi) is 6.72. The fraction of sp³-hybridized carbons (Fsp3) is 0.296. The zero-order valence-corrected chi connectivity index (χ0v) is 20.7. The van der Waals surface area contributed by atoms with E-state index in [1.54, 1.807) is 25.4 Å². The predicted octanol–water partition coefficient (Wildman–Crippen LogP) is 2.72. The molecule has 0 saturated heterocycles. The maximum absolute atomic E-state index is 13.1. The summed E-state index contributed by atoms with van der Waals surface area (Å²) in [7, 11) is 1.63. The molecule has 37 heavy (non-hydrogen) atoms. The van der Waals surface area contributed by atoms with Crippen LogP contribution in [0.1, 0.15) is 29.3 Å². The first-order chi connectivity index (χ1) is 18.0. The van der Waals surface area contributed by atoms with Gasteiger partial charge in [0.1, 0.15) is 11.3 Å². The van der Waals surface area contributed by atoms with Crippen LogP contribution in [0.3, 0.4) is 0 Å². The molecule has 0 aliphatic carbocycles. The molecule has 3 N–H and O–H groups in total. The highest BCUT2D eigenvalue weighted by Crippen LogP contribution is 2.35. The summed E-state index contributed by atoms with van der Waals surface area (Å²) in [5.41, 5.74) is 2.37. The number of fused-ring (bicyclic) bond motifs is 3. The third kappa shape index (κ3) is 4.82. The molecule has 2 amide bonds. The SMILES string of the molecule is CCn1cc(C(=O)NCCC(=O)NCCc2c[nH]c3cc(OC)ccc23)c(=O)c2cc3c(cc21)OCO3. The van der Waals surface area contributed by atoms with Crippen LogP contribution in [0.4, 0.5) is 0 Å². The van der Waals surface area contributed by atoms with Crippen LogP contribution >= 0.6 is 0 Å². The number of ether oxygens (including phenoxy) is 3. The molecule has 0 bridgehead atoms. The van der Waals surface area contributed by atoms with Crippen molar-refractivity contribution in [2.45, 2.75) is 26.3 Å². The number of pyridine rings is 1. The fourth-order valence-electron chi connectivity index (χ4n) is 4.51. The predicted molar refractivity (Wildman–Crippen MR) is 139 cm³/mol. The number of benzene rings is 2. The van der Waals surface area contributed by atoms with E-state index in [0.29, 0.717) is 41.9 Å². The minimum atomic E-state index is -0.520. The van der Waals surface area contributed by atoms with Gasteiger partial charge in [-0.05, 0) is 37.1 Å². The molecule has 10 nitrogen and oxygen atoms in total. The van der Waals surface area contributed by atoms with Crippen molar-refractivity contribution in [3.8, 4) is 17.2 Å². The van der Waals surface area contributed by atoms with Gasteiger partial charge in [0, 0.05) is 61.5 Å². The fourth-order valence-corrected chi connectivity index (χ4v) is 4.51. The first-order valence-corrected chi connectivity index (χ1v) is 12.1. The highest BCUT2D eigenvalue weighted by atomic mass is 16.7. The molecule has 4 aromatic rings. The minimum Gasteiger partial charge on any atom is -0.497 e. The zero-order valence-electron chi connectivity index (χ0n) is 20.7. The van der Waals surface area contributed by atoms with Gasteiger partial charge in [0.05, 0.1) is 18.0 Å². The van der Waals surface area contributed by atoms with Crippen LogP contribution in [0.25, 0.3) is 21.8 Å². The molecular formula is C27H28N4O6. The number of nitrogens with zero attached hydrogens (tertiary/aromatic N) is 1. The van der Waals surface area contributed by atoms with Crippen molar-refractivity contribution in [3.63, 3.8) is 0 Å². The van der Waals surface area contributed by atoms with Crippen molar-refractivity contribution < 1.29 is 23.8 Å². The van der Waals surface area contributed by atoms with Gasteiger partial charge in [-0.1, -0.05) is 0 Å². The van der Waals surface area contributed by atoms with E-state index in [2.05, 4.69) is 15.6 Å². The summed E-state index contributed by atoms with van der Waals surface area (Å²) in [4.78, 5) is 41.4. The third-order valence-electron chi connectivity index (χ3n) is 6.49. The molecule has 0 saturated carbocycles. The van der Waals surface area contributed by atoms with Crippen LogP contribution in [-0.4, -0.2) is 48.4 Å². The monoisotopic (exact) mass is 504 g/mol. The third-order valence-corrected chi connectivity index (χ3v) is 6.49. The molecule has 1 aliphatic heterocycles. The number of rotatable bonds is 9. The number of carbonyl (C=O) groups is 2. The van der Waals surface area contributed by atoms with E-state index in [-0.39, 0.29) is 31.2 Å². The minimum absolute atomic E-state index is 0.0181. The highest BCUT2D eigenvalue weighted by molar-refractivity contribution is 5.98. The van der Waals surface area contributed by atoms with E-state index in [4.69, 9.17) is 14.2 Å². The molecule has 2 aromatic heterocycles. The Morgan fingerprint density at radius 3 is 2.68 bits per heavy atom. The maximum atomic E-state index is 13.1. The number of amides is 2. The van der Waals surface area contributed by atoms with Gasteiger partial charge in [0.15, 0.2) is 11.5 Å². The quantitative estimate of drug-likeness (QED) is 0.322. The van der Waals surface area contributed by atoms with Crippen LogP contribution in [0.5, 0.6) is 17.2 Å². The first-order valence-electron chi connectivity index (χ1n) is 12.1. The van der Waals surface area contributed by atoms with Crippen LogP contribution in [0.2, 0.25) is 0 Å². The van der Waals surface area contributed by atoms with Crippen LogP contribution < -0.4 is 30.3 Å². The Balaban J connectivity index is 1.16. The van der Waals surface area contributed by atoms with Crippen molar-refractivity contribution in [1.82, 2.24) is 20.2 Å². The lowest BCUT2D eigenvalue weighted by atomic mass is 10.1. The van der Waals surface area contributed by atoms with Gasteiger partial charge in [0.2, 0.25) is 18.1 Å². The lowest BCUT2D eigenvalue weighted by molar-refractivity contribution is -0.120. The van der Waals surface area contributed by atoms with Gasteiger partial charge >= 0.3 is 0 Å². The number of H-pyrrole nitrogens is 1. The summed E-state index contributed by atoms with van der Waals surface area (Å²) < 4.78 is 17.9. The first kappa shape index (κ1) is 24.2. The van der Waals surface area contributed by atoms with Gasteiger partial charge in [-0.15, -0.1) is 0 Å². The number of methoxy groups -OCH3 is 1. The van der Waals surface area contributed by atoms with Gasteiger partial charge in [-0.2, -0.15) is 0 Å². The summed E-state index contributed by atoms with van der Waals surface area (Å²) in [5, 5.41) is 7.04. The van der Waals surface area contributed by atoms with E-state index < -0.39 is 11.3 Å². The molecule has 0 fully saturated rings. The Bertz CT molecular complexity index is 1550. The molecular weight excluding hydrogens is 476 g/mol. The van der Waals surface area contributed by atoms with Gasteiger partial charge in [0.25, 0.3) is 5.91 Å². The molecule has 1 aliphatic rings. The molecule has 3 heterocycles. The molecule has 0 unspecified atom stereocenters. The summed E-state index contributed by atoms with van der Waals surface area (Å²) >= 11 is 0. The normalized spacial score (nSPS) is 12.2. The van der Waals surface area contributed by atoms with Gasteiger partial charge in [-0.25, -0.2) is 0 Å². The van der Waals surface area contributed by atoms with Crippen LogP contribution in [0.15, 0.2) is 47.5 Å². The number of carbonyl (C=O) groups excluding carboxylic acids is 2. The van der Waals surface area contributed by atoms with E-state index in [1.165, 1.54) is 0 Å². The van der Waals surface area contributed by atoms with Crippen molar-refractivity contribution in [2.24, 2.45) is 0 Å². The number of hydrogen-bond acceptors (Lipinski definition) is 6. The second-order valence-corrected chi connectivity index (χ2v) is 8.71. The molecule has 2 aromatic carbocycles. The van der Waals surface area contributed by atoms with Crippen LogP contribution in [0, 0.1) is 0 Å². The number of aromatic nitrogens is 2. The van der Waals surface area contributed by atoms with Gasteiger partial charge < -0.3 is 34.4 Å². The van der Waals surface area contributed by atoms with Crippen molar-refractivity contribution in [3.05, 3.63) is 64.1 Å². The zero-order chi connectivity index (χ0) is 25.9. The molecule has 0 atom stereocenters. The summed E-state index contributed by atoms with van der Waals surface area (Å²) in [5.74, 6) is 1.13. The van der Waals surface area contributed by atoms with Crippen molar-refractivity contribution in [2.75, 3.05) is 27.0 Å². The maximum Gasteiger partial charge on any atom is 0.256 e. The molecule has 5 rings (SSSR count). The Hall–Kier alpha value is -4.47. The Morgan fingerprint density at radius 1 is 1.08 bits per heavy atom. The number of aromatic amines is 1. The molecule has 10 heteroatoms. The average Bonchev–Trinajstić information content (AvgIpc) is 3.54. The van der Waals surface area contributed by atoms with E-state index in [0.717, 1.165) is 22.2 Å². The number of nitrogens with one attached hydrogen (secondary N) is 3. The largest absolute Gasteiger partial charge is 0.497 e. The van der Waals surface area contributed by atoms with E-state index in [9.17, 15) is 14.4 Å². The van der Waals surface area contributed by atoms with Crippen molar-refractivity contribution in [1.29, 1.82) is 0 Å². The van der Waals surface area contributed by atoms with E-state index in [1.807, 2.05) is 35.9 Å². The highest BCUT2D eigenvalue weighted by Gasteiger charge is 2.20. The van der Waals surface area contributed by atoms with E-state index >= 15 is 0 Å². The second-order valence-electron chi connectivity index (χ2n) is 8.71. The van der Waals surface area contributed by atoms with Crippen molar-refractivity contribution >= 4 is 33.6 Å². The van der Waals surface area contributed by atoms with Gasteiger partial charge in [-0.3, -0.25) is 14.4 Å². The number of aryl methyl sites for hydroxylation is 1. The lowest BCUT2D eigenvalue weighted by Crippen LogP contribution is -2.34. The topological polar surface area (TPSA) is 124 Å². The molecule has 0 radical (unpaired) electrons. The Morgan fingerprint density at radius 2 is 1.89 bits per heavy atom. The molecule has 0 spiro atoms.